The molecule has 0 saturated heterocycles. The van der Waals surface area contributed by atoms with E-state index in [0.717, 1.165) is 16.8 Å². The molecule has 0 amide bonds. The lowest BCUT2D eigenvalue weighted by Crippen LogP contribution is -2.33. The molecule has 0 aromatic heterocycles. The molecule has 3 aromatic carbocycles. The number of ether oxygens (including phenoxy) is 2. The lowest BCUT2D eigenvalue weighted by Gasteiger charge is -2.15. The second-order valence-electron chi connectivity index (χ2n) is 8.03. The normalized spacial score (nSPS) is 15.8. The van der Waals surface area contributed by atoms with Gasteiger partial charge < -0.3 is 15.2 Å². The topological polar surface area (TPSA) is 124 Å². The van der Waals surface area contributed by atoms with E-state index in [4.69, 9.17) is 26.8 Å². The Morgan fingerprint density at radius 2 is 1.76 bits per heavy atom. The molecule has 3 aromatic rings. The Bertz CT molecular complexity index is 1410. The second-order valence-corrected chi connectivity index (χ2v) is 10.1. The fraction of sp³-hybridized carbons (Fsp3) is 0.192. The Hall–Kier alpha value is -3.89. The molecule has 1 heterocycles. The summed E-state index contributed by atoms with van der Waals surface area (Å²) < 4.78 is 39.8. The number of esters is 1. The van der Waals surface area contributed by atoms with Gasteiger partial charge in [-0.3, -0.25) is 0 Å². The monoisotopic (exact) mass is 540 g/mol. The van der Waals surface area contributed by atoms with Crippen LogP contribution in [0.4, 0.5) is 0 Å². The highest BCUT2D eigenvalue weighted by Gasteiger charge is 2.31. The van der Waals surface area contributed by atoms with E-state index in [0.29, 0.717) is 17.3 Å². The van der Waals surface area contributed by atoms with Gasteiger partial charge in [-0.1, -0.05) is 54.1 Å². The first-order chi connectivity index (χ1) is 17.8. The van der Waals surface area contributed by atoms with E-state index in [2.05, 4.69) is 9.50 Å². The van der Waals surface area contributed by atoms with E-state index < -0.39 is 16.0 Å². The fourth-order valence-corrected chi connectivity index (χ4v) is 4.80. The zero-order chi connectivity index (χ0) is 26.4. The maximum atomic E-state index is 12.9. The van der Waals surface area contributed by atoms with Gasteiger partial charge in [-0.05, 0) is 54.4 Å². The van der Waals surface area contributed by atoms with Gasteiger partial charge in [0, 0.05) is 10.9 Å². The molecule has 0 fully saturated rings. The standard InChI is InChI=1S/C26H25ClN4O5S/c1-2-35-24(32)17-36-21-12-14-22(15-13-21)37(33,34)30-26(28)31-16-23(18-6-4-3-5-7-18)25(29-31)19-8-10-20(27)11-9-19/h3-15,23H,2,16-17H2,1H3,(H2,28,30). The smallest absolute Gasteiger partial charge is 0.344 e. The molecule has 1 atom stereocenters. The number of hydrogen-bond acceptors (Lipinski definition) is 6. The summed E-state index contributed by atoms with van der Waals surface area (Å²) in [4.78, 5) is 11.4. The molecule has 4 rings (SSSR count). The second kappa shape index (κ2) is 11.4. The molecule has 37 heavy (non-hydrogen) atoms. The molecule has 1 unspecified atom stereocenters. The third kappa shape index (κ3) is 6.46. The summed E-state index contributed by atoms with van der Waals surface area (Å²) in [6, 6.07) is 22.5. The van der Waals surface area contributed by atoms with Crippen LogP contribution in [0.15, 0.2) is 93.3 Å². The van der Waals surface area contributed by atoms with Crippen molar-refractivity contribution in [3.63, 3.8) is 0 Å². The van der Waals surface area contributed by atoms with E-state index in [1.165, 1.54) is 29.3 Å². The summed E-state index contributed by atoms with van der Waals surface area (Å²) >= 11 is 6.05. The summed E-state index contributed by atoms with van der Waals surface area (Å²) in [7, 11) is -4.14. The SMILES string of the molecule is CCOC(=O)COc1ccc(S(=O)(=O)/N=C(\N)N2CC(c3ccccc3)C(c3ccc(Cl)cc3)=N2)cc1. The van der Waals surface area contributed by atoms with Gasteiger partial charge in [0.1, 0.15) is 5.75 Å². The molecule has 9 nitrogen and oxygen atoms in total. The Labute approximate surface area is 220 Å². The summed E-state index contributed by atoms with van der Waals surface area (Å²) in [5.74, 6) is -0.622. The van der Waals surface area contributed by atoms with Crippen molar-refractivity contribution in [2.75, 3.05) is 19.8 Å². The highest BCUT2D eigenvalue weighted by Crippen LogP contribution is 2.29. The van der Waals surface area contributed by atoms with Gasteiger partial charge in [0.25, 0.3) is 10.0 Å². The van der Waals surface area contributed by atoms with Crippen LogP contribution >= 0.6 is 11.6 Å². The summed E-state index contributed by atoms with van der Waals surface area (Å²) in [6.07, 6.45) is 0. The summed E-state index contributed by atoms with van der Waals surface area (Å²) in [5, 5.41) is 6.60. The van der Waals surface area contributed by atoms with Crippen LogP contribution in [-0.4, -0.2) is 50.8 Å². The van der Waals surface area contributed by atoms with Crippen LogP contribution in [-0.2, 0) is 19.6 Å². The van der Waals surface area contributed by atoms with Crippen LogP contribution in [0.1, 0.15) is 24.0 Å². The van der Waals surface area contributed by atoms with Crippen LogP contribution in [0, 0.1) is 0 Å². The van der Waals surface area contributed by atoms with Crippen LogP contribution < -0.4 is 10.5 Å². The van der Waals surface area contributed by atoms with Crippen molar-refractivity contribution in [2.45, 2.75) is 17.7 Å². The minimum absolute atomic E-state index is 0.0837. The number of nitrogens with two attached hydrogens (primary N) is 1. The predicted molar refractivity (Wildman–Crippen MR) is 141 cm³/mol. The van der Waals surface area contributed by atoms with E-state index in [-0.39, 0.29) is 30.0 Å². The molecule has 1 aliphatic rings. The number of hydrazone groups is 1. The highest BCUT2D eigenvalue weighted by molar-refractivity contribution is 7.90. The van der Waals surface area contributed by atoms with Crippen LogP contribution in [0.25, 0.3) is 0 Å². The number of sulfonamides is 1. The largest absolute Gasteiger partial charge is 0.482 e. The minimum atomic E-state index is -4.14. The summed E-state index contributed by atoms with van der Waals surface area (Å²) in [6.45, 7) is 1.97. The van der Waals surface area contributed by atoms with E-state index in [9.17, 15) is 13.2 Å². The van der Waals surface area contributed by atoms with Gasteiger partial charge in [0.2, 0.25) is 5.96 Å². The first kappa shape index (κ1) is 26.2. The molecule has 192 valence electrons. The number of nitrogens with zero attached hydrogens (tertiary/aromatic N) is 3. The Kier molecular flexibility index (Phi) is 8.10. The summed E-state index contributed by atoms with van der Waals surface area (Å²) in [5.41, 5.74) is 8.71. The molecule has 0 saturated carbocycles. The van der Waals surface area contributed by atoms with Crippen molar-refractivity contribution in [3.05, 3.63) is 95.0 Å². The molecule has 0 bridgehead atoms. The first-order valence-electron chi connectivity index (χ1n) is 11.4. The molecule has 0 aliphatic carbocycles. The van der Waals surface area contributed by atoms with Gasteiger partial charge in [-0.15, -0.1) is 4.40 Å². The average molecular weight is 541 g/mol. The van der Waals surface area contributed by atoms with Crippen molar-refractivity contribution in [3.8, 4) is 5.75 Å². The molecule has 0 radical (unpaired) electrons. The van der Waals surface area contributed by atoms with E-state index in [1.807, 2.05) is 42.5 Å². The molecule has 2 N–H and O–H groups in total. The zero-order valence-electron chi connectivity index (χ0n) is 20.0. The highest BCUT2D eigenvalue weighted by atomic mass is 35.5. The van der Waals surface area contributed by atoms with Gasteiger partial charge in [0.15, 0.2) is 6.61 Å². The Balaban J connectivity index is 1.55. The Morgan fingerprint density at radius 3 is 2.41 bits per heavy atom. The zero-order valence-corrected chi connectivity index (χ0v) is 21.5. The maximum absolute atomic E-state index is 12.9. The fourth-order valence-electron chi connectivity index (χ4n) is 3.75. The number of hydrogen-bond donors (Lipinski definition) is 1. The van der Waals surface area contributed by atoms with Crippen molar-refractivity contribution >= 4 is 39.3 Å². The third-order valence-corrected chi connectivity index (χ3v) is 7.06. The van der Waals surface area contributed by atoms with Crippen molar-refractivity contribution < 1.29 is 22.7 Å². The number of carbonyl (C=O) groups is 1. The third-order valence-electron chi connectivity index (χ3n) is 5.52. The minimum Gasteiger partial charge on any atom is -0.482 e. The van der Waals surface area contributed by atoms with Crippen LogP contribution in [0.3, 0.4) is 0 Å². The number of guanidine groups is 1. The van der Waals surface area contributed by atoms with Crippen LogP contribution in [0.2, 0.25) is 5.02 Å². The number of carbonyl (C=O) groups excluding carboxylic acids is 1. The number of halogens is 1. The lowest BCUT2D eigenvalue weighted by molar-refractivity contribution is -0.145. The van der Waals surface area contributed by atoms with Gasteiger partial charge >= 0.3 is 5.97 Å². The van der Waals surface area contributed by atoms with Crippen molar-refractivity contribution in [1.29, 1.82) is 0 Å². The van der Waals surface area contributed by atoms with Crippen LogP contribution in [0.5, 0.6) is 5.75 Å². The van der Waals surface area contributed by atoms with E-state index >= 15 is 0 Å². The van der Waals surface area contributed by atoms with Crippen molar-refractivity contribution in [2.24, 2.45) is 15.2 Å². The van der Waals surface area contributed by atoms with Gasteiger partial charge in [-0.2, -0.15) is 13.5 Å². The number of benzene rings is 3. The quantitative estimate of drug-likeness (QED) is 0.262. The lowest BCUT2D eigenvalue weighted by atomic mass is 9.91. The molecular weight excluding hydrogens is 516 g/mol. The molecular formula is C26H25ClN4O5S. The molecule has 0 spiro atoms. The van der Waals surface area contributed by atoms with Gasteiger partial charge in [-0.25, -0.2) is 9.80 Å². The van der Waals surface area contributed by atoms with Gasteiger partial charge in [0.05, 0.1) is 23.8 Å². The molecule has 1 aliphatic heterocycles. The predicted octanol–water partition coefficient (Wildman–Crippen LogP) is 3.79. The average Bonchev–Trinajstić information content (AvgIpc) is 3.34. The van der Waals surface area contributed by atoms with Crippen molar-refractivity contribution in [1.82, 2.24) is 5.01 Å². The van der Waals surface area contributed by atoms with E-state index in [1.54, 1.807) is 19.1 Å². The Morgan fingerprint density at radius 1 is 1.08 bits per heavy atom. The first-order valence-corrected chi connectivity index (χ1v) is 13.2. The number of rotatable bonds is 8. The maximum Gasteiger partial charge on any atom is 0.344 e. The molecule has 11 heteroatoms.